The van der Waals surface area contributed by atoms with Crippen LogP contribution < -0.4 is 15.8 Å². The summed E-state index contributed by atoms with van der Waals surface area (Å²) in [6, 6.07) is 5.83. The lowest BCUT2D eigenvalue weighted by atomic mass is 10.1. The Balaban J connectivity index is 1.43. The number of fused-ring (bicyclic) bond motifs is 1. The van der Waals surface area contributed by atoms with Crippen LogP contribution in [-0.4, -0.2) is 68.7 Å². The highest BCUT2D eigenvalue weighted by molar-refractivity contribution is 5.98. The summed E-state index contributed by atoms with van der Waals surface area (Å²) in [6.45, 7) is -0.542. The molecule has 4 aromatic rings. The van der Waals surface area contributed by atoms with E-state index in [4.69, 9.17) is 10.5 Å². The molecule has 0 bridgehead atoms. The van der Waals surface area contributed by atoms with Crippen LogP contribution in [0, 0.1) is 5.82 Å². The zero-order valence-electron chi connectivity index (χ0n) is 20.6. The molecule has 0 saturated carbocycles. The summed E-state index contributed by atoms with van der Waals surface area (Å²) in [6.07, 6.45) is -4.26. The quantitative estimate of drug-likeness (QED) is 0.359. The van der Waals surface area contributed by atoms with E-state index < -0.39 is 52.9 Å². The third-order valence-corrected chi connectivity index (χ3v) is 6.40. The number of aromatic nitrogens is 4. The molecule has 2 amide bonds. The molecule has 5 rings (SSSR count). The van der Waals surface area contributed by atoms with Gasteiger partial charge in [-0.05, 0) is 30.3 Å². The average molecular weight is 561 g/mol. The van der Waals surface area contributed by atoms with Crippen LogP contribution in [0.5, 0.6) is 5.88 Å². The highest BCUT2D eigenvalue weighted by Crippen LogP contribution is 2.39. The fraction of sp³-hybridized carbons (Fsp3) is 0.240. The first-order valence-corrected chi connectivity index (χ1v) is 11.7. The van der Waals surface area contributed by atoms with Crippen LogP contribution in [0.3, 0.4) is 0 Å². The minimum absolute atomic E-state index is 0.0276. The molecule has 0 radical (unpaired) electrons. The van der Waals surface area contributed by atoms with Crippen LogP contribution in [0.1, 0.15) is 26.3 Å². The van der Waals surface area contributed by atoms with Crippen molar-refractivity contribution in [2.75, 3.05) is 25.9 Å². The number of nitrogens with two attached hydrogens (primary N) is 1. The third kappa shape index (κ3) is 4.85. The monoisotopic (exact) mass is 561 g/mol. The van der Waals surface area contributed by atoms with Gasteiger partial charge in [0.25, 0.3) is 11.8 Å². The zero-order valence-corrected chi connectivity index (χ0v) is 20.6. The molecule has 3 aromatic heterocycles. The number of nitrogens with zero attached hydrogens (tertiary/aromatic N) is 5. The van der Waals surface area contributed by atoms with Crippen molar-refractivity contribution in [2.45, 2.75) is 18.4 Å². The first-order chi connectivity index (χ1) is 19.0. The number of rotatable bonds is 5. The number of hydrogen-bond donors (Lipinski definition) is 2. The molecule has 1 aliphatic rings. The van der Waals surface area contributed by atoms with Gasteiger partial charge in [0.05, 0.1) is 31.0 Å². The van der Waals surface area contributed by atoms with E-state index >= 15 is 0 Å². The maximum Gasteiger partial charge on any atom is 0.418 e. The van der Waals surface area contributed by atoms with Gasteiger partial charge in [-0.25, -0.2) is 23.3 Å². The van der Waals surface area contributed by atoms with Gasteiger partial charge in [0.2, 0.25) is 5.88 Å². The fourth-order valence-electron chi connectivity index (χ4n) is 4.52. The Morgan fingerprint density at radius 2 is 1.93 bits per heavy atom. The molecule has 15 heteroatoms. The average Bonchev–Trinajstić information content (AvgIpc) is 3.49. The largest absolute Gasteiger partial charge is 0.480 e. The smallest absolute Gasteiger partial charge is 0.418 e. The van der Waals surface area contributed by atoms with E-state index in [1.54, 1.807) is 0 Å². The maximum absolute atomic E-state index is 14.9. The summed E-state index contributed by atoms with van der Waals surface area (Å²) in [5, 5.41) is 6.36. The minimum Gasteiger partial charge on any atom is -0.480 e. The molecule has 1 fully saturated rings. The molecule has 0 spiro atoms. The molecule has 1 aromatic carbocycles. The number of likely N-dealkylation sites (tertiary alicyclic amines) is 1. The van der Waals surface area contributed by atoms with Gasteiger partial charge in [0.1, 0.15) is 29.4 Å². The van der Waals surface area contributed by atoms with Crippen molar-refractivity contribution in [2.24, 2.45) is 0 Å². The maximum atomic E-state index is 14.9. The summed E-state index contributed by atoms with van der Waals surface area (Å²) < 4.78 is 75.6. The summed E-state index contributed by atoms with van der Waals surface area (Å²) in [4.78, 5) is 34.7. The van der Waals surface area contributed by atoms with Crippen LogP contribution in [-0.2, 0) is 6.18 Å². The molecule has 10 nitrogen and oxygen atoms in total. The second kappa shape index (κ2) is 10.1. The molecule has 0 unspecified atom stereocenters. The number of alkyl halides is 4. The second-order valence-corrected chi connectivity index (χ2v) is 8.94. The molecule has 2 atom stereocenters. The Morgan fingerprint density at radius 1 is 1.15 bits per heavy atom. The Labute approximate surface area is 222 Å². The number of methoxy groups -OCH3 is 1. The Morgan fingerprint density at radius 3 is 2.62 bits per heavy atom. The molecular formula is C25H20F5N7O3. The highest BCUT2D eigenvalue weighted by Gasteiger charge is 2.38. The van der Waals surface area contributed by atoms with Crippen molar-refractivity contribution < 1.29 is 36.3 Å². The van der Waals surface area contributed by atoms with Crippen LogP contribution in [0.4, 0.5) is 27.8 Å². The number of anilines is 1. The van der Waals surface area contributed by atoms with Crippen LogP contribution in [0.25, 0.3) is 16.8 Å². The van der Waals surface area contributed by atoms with E-state index in [-0.39, 0.29) is 41.4 Å². The molecule has 3 N–H and O–H groups in total. The molecule has 40 heavy (non-hydrogen) atoms. The lowest BCUT2D eigenvalue weighted by Crippen LogP contribution is -2.42. The van der Waals surface area contributed by atoms with Gasteiger partial charge in [-0.1, -0.05) is 6.07 Å². The highest BCUT2D eigenvalue weighted by atomic mass is 19.4. The van der Waals surface area contributed by atoms with E-state index in [9.17, 15) is 31.5 Å². The predicted molar refractivity (Wildman–Crippen MR) is 131 cm³/mol. The molecular weight excluding hydrogens is 541 g/mol. The van der Waals surface area contributed by atoms with Gasteiger partial charge in [0.15, 0.2) is 5.82 Å². The van der Waals surface area contributed by atoms with Crippen LogP contribution in [0.2, 0.25) is 0 Å². The normalized spacial score (nSPS) is 17.3. The Hall–Kier alpha value is -4.82. The van der Waals surface area contributed by atoms with E-state index in [1.807, 2.05) is 0 Å². The summed E-state index contributed by atoms with van der Waals surface area (Å²) in [7, 11) is 1.23. The van der Waals surface area contributed by atoms with Gasteiger partial charge < -0.3 is 20.7 Å². The standard InChI is InChI=1S/C25H20F5N7O3/c1-40-23-15(22(38)35-18-10-36(9-17(18)27)24(39)12-3-2-4-14(26)5-12)6-13(8-32-23)19-7-16(25(28,29)30)20-21(31)33-11-34-37(19)20/h2-8,11,17-18H,9-10H2,1H3,(H,35,38)(H2,31,33,34)/t17-,18+/m0/s1. The van der Waals surface area contributed by atoms with Gasteiger partial charge in [-0.3, -0.25) is 9.59 Å². The number of amides is 2. The van der Waals surface area contributed by atoms with Gasteiger partial charge in [-0.2, -0.15) is 18.3 Å². The van der Waals surface area contributed by atoms with E-state index in [2.05, 4.69) is 20.4 Å². The number of pyridine rings is 1. The lowest BCUT2D eigenvalue weighted by Gasteiger charge is -2.17. The number of halogens is 5. The first kappa shape index (κ1) is 26.8. The third-order valence-electron chi connectivity index (χ3n) is 6.40. The number of carbonyl (C=O) groups is 2. The summed E-state index contributed by atoms with van der Waals surface area (Å²) in [5.74, 6) is -2.65. The van der Waals surface area contributed by atoms with Gasteiger partial charge >= 0.3 is 6.18 Å². The molecule has 0 aliphatic carbocycles. The molecule has 1 aliphatic heterocycles. The van der Waals surface area contributed by atoms with Crippen LogP contribution in [0.15, 0.2) is 48.9 Å². The number of benzene rings is 1. The van der Waals surface area contributed by atoms with Crippen molar-refractivity contribution >= 4 is 23.1 Å². The lowest BCUT2D eigenvalue weighted by molar-refractivity contribution is -0.136. The second-order valence-electron chi connectivity index (χ2n) is 8.94. The predicted octanol–water partition coefficient (Wildman–Crippen LogP) is 3.13. The Kier molecular flexibility index (Phi) is 6.73. The topological polar surface area (TPSA) is 128 Å². The van der Waals surface area contributed by atoms with Crippen molar-refractivity contribution in [1.29, 1.82) is 0 Å². The number of carbonyl (C=O) groups excluding carboxylic acids is 2. The number of hydrogen-bond acceptors (Lipinski definition) is 7. The molecule has 208 valence electrons. The SMILES string of the molecule is COc1ncc(-c2cc(C(F)(F)F)c3c(N)ncnn23)cc1C(=O)N[C@@H]1CN(C(=O)c2cccc(F)c2)C[C@@H]1F. The summed E-state index contributed by atoms with van der Waals surface area (Å²) in [5.41, 5.74) is 3.94. The fourth-order valence-corrected chi connectivity index (χ4v) is 4.52. The van der Waals surface area contributed by atoms with Crippen molar-refractivity contribution in [3.8, 4) is 17.1 Å². The van der Waals surface area contributed by atoms with Gasteiger partial charge in [-0.15, -0.1) is 0 Å². The van der Waals surface area contributed by atoms with Crippen LogP contribution >= 0.6 is 0 Å². The number of nitrogens with one attached hydrogen (secondary N) is 1. The number of ether oxygens (including phenoxy) is 1. The first-order valence-electron chi connectivity index (χ1n) is 11.7. The van der Waals surface area contributed by atoms with E-state index in [0.717, 1.165) is 27.9 Å². The zero-order chi connectivity index (χ0) is 28.8. The molecule has 1 saturated heterocycles. The number of nitrogen functional groups attached to an aromatic ring is 1. The summed E-state index contributed by atoms with van der Waals surface area (Å²) >= 11 is 0. The van der Waals surface area contributed by atoms with E-state index in [0.29, 0.717) is 0 Å². The van der Waals surface area contributed by atoms with Crippen molar-refractivity contribution in [3.05, 3.63) is 71.4 Å². The van der Waals surface area contributed by atoms with Crippen molar-refractivity contribution in [3.63, 3.8) is 0 Å². The van der Waals surface area contributed by atoms with E-state index in [1.165, 1.54) is 37.6 Å². The minimum atomic E-state index is -4.78. The van der Waals surface area contributed by atoms with Gasteiger partial charge in [0, 0.05) is 23.9 Å². The Bertz CT molecular complexity index is 1620. The van der Waals surface area contributed by atoms with Crippen molar-refractivity contribution in [1.82, 2.24) is 29.8 Å². The molecule has 4 heterocycles.